The van der Waals surface area contributed by atoms with Crippen LogP contribution in [0.4, 0.5) is 5.69 Å². The molecule has 15 heavy (non-hydrogen) atoms. The van der Waals surface area contributed by atoms with Crippen LogP contribution in [0.5, 0.6) is 0 Å². The summed E-state index contributed by atoms with van der Waals surface area (Å²) in [5.41, 5.74) is 6.58. The van der Waals surface area contributed by atoms with Crippen LogP contribution in [0.15, 0.2) is 12.3 Å². The van der Waals surface area contributed by atoms with Crippen molar-refractivity contribution in [3.63, 3.8) is 0 Å². The molecule has 1 heterocycles. The van der Waals surface area contributed by atoms with Crippen LogP contribution in [0.25, 0.3) is 0 Å². The van der Waals surface area contributed by atoms with Gasteiger partial charge in [-0.3, -0.25) is 4.79 Å². The van der Waals surface area contributed by atoms with Crippen LogP contribution in [-0.2, 0) is 4.79 Å². The van der Waals surface area contributed by atoms with Crippen LogP contribution in [0.3, 0.4) is 0 Å². The molecule has 0 aliphatic rings. The maximum absolute atomic E-state index is 10.6. The predicted molar refractivity (Wildman–Crippen MR) is 63.7 cm³/mol. The van der Waals surface area contributed by atoms with Crippen molar-refractivity contribution in [1.29, 1.82) is 0 Å². The largest absolute Gasteiger partial charge is 0.396 e. The molecule has 0 saturated heterocycles. The number of nitrogen functional groups attached to an aromatic ring is 1. The molecule has 0 aromatic carbocycles. The van der Waals surface area contributed by atoms with Gasteiger partial charge in [-0.2, -0.15) is 0 Å². The first-order valence-corrected chi connectivity index (χ1v) is 5.49. The van der Waals surface area contributed by atoms with Gasteiger partial charge in [0.2, 0.25) is 0 Å². The fraction of sp³-hybridized carbons (Fsp3) is 0.200. The Kier molecular flexibility index (Phi) is 4.47. The van der Waals surface area contributed by atoms with E-state index < -0.39 is 0 Å². The van der Waals surface area contributed by atoms with E-state index in [1.54, 1.807) is 6.07 Å². The Labute approximate surface area is 97.4 Å². The van der Waals surface area contributed by atoms with E-state index in [-0.39, 0.29) is 5.12 Å². The van der Waals surface area contributed by atoms with Crippen molar-refractivity contribution < 1.29 is 4.79 Å². The molecule has 0 aliphatic carbocycles. The summed E-state index contributed by atoms with van der Waals surface area (Å²) in [6.07, 6.45) is 1.49. The van der Waals surface area contributed by atoms with Crippen LogP contribution >= 0.6 is 23.4 Å². The molecule has 0 aliphatic heterocycles. The minimum atomic E-state index is 0.0429. The van der Waals surface area contributed by atoms with E-state index in [0.717, 1.165) is 11.8 Å². The van der Waals surface area contributed by atoms with E-state index in [2.05, 4.69) is 16.8 Å². The van der Waals surface area contributed by atoms with Gasteiger partial charge in [-0.25, -0.2) is 4.98 Å². The molecule has 1 rings (SSSR count). The van der Waals surface area contributed by atoms with Gasteiger partial charge in [-0.15, -0.1) is 0 Å². The van der Waals surface area contributed by atoms with Crippen molar-refractivity contribution in [2.75, 3.05) is 11.5 Å². The van der Waals surface area contributed by atoms with Crippen LogP contribution in [0, 0.1) is 11.8 Å². The summed E-state index contributed by atoms with van der Waals surface area (Å²) in [6.45, 7) is 1.50. The Morgan fingerprint density at radius 2 is 2.47 bits per heavy atom. The monoisotopic (exact) mass is 240 g/mol. The van der Waals surface area contributed by atoms with Crippen LogP contribution < -0.4 is 5.73 Å². The fourth-order valence-electron chi connectivity index (χ4n) is 0.817. The second-order valence-electron chi connectivity index (χ2n) is 2.67. The topological polar surface area (TPSA) is 56.0 Å². The molecular formula is C10H9ClN2OS. The highest BCUT2D eigenvalue weighted by Gasteiger charge is 1.97. The first-order chi connectivity index (χ1) is 7.09. The van der Waals surface area contributed by atoms with Crippen molar-refractivity contribution in [2.45, 2.75) is 6.92 Å². The number of hydrogen-bond donors (Lipinski definition) is 1. The third-order valence-corrected chi connectivity index (χ3v) is 2.34. The Morgan fingerprint density at radius 3 is 3.07 bits per heavy atom. The summed E-state index contributed by atoms with van der Waals surface area (Å²) in [7, 11) is 0. The zero-order valence-corrected chi connectivity index (χ0v) is 9.65. The van der Waals surface area contributed by atoms with Gasteiger partial charge in [-0.05, 0) is 12.0 Å². The fourth-order valence-corrected chi connectivity index (χ4v) is 1.33. The zero-order valence-electron chi connectivity index (χ0n) is 8.08. The number of anilines is 1. The van der Waals surface area contributed by atoms with Crippen molar-refractivity contribution in [2.24, 2.45) is 0 Å². The van der Waals surface area contributed by atoms with Gasteiger partial charge in [0.1, 0.15) is 5.69 Å². The normalized spacial score (nSPS) is 9.20. The van der Waals surface area contributed by atoms with E-state index in [4.69, 9.17) is 17.3 Å². The van der Waals surface area contributed by atoms with Crippen molar-refractivity contribution in [3.05, 3.63) is 23.0 Å². The minimum absolute atomic E-state index is 0.0429. The molecule has 0 unspecified atom stereocenters. The maximum atomic E-state index is 10.6. The molecule has 2 N–H and O–H groups in total. The molecule has 3 nitrogen and oxygen atoms in total. The second kappa shape index (κ2) is 5.64. The number of nitrogens with two attached hydrogens (primary N) is 1. The average molecular weight is 241 g/mol. The lowest BCUT2D eigenvalue weighted by Crippen LogP contribution is -1.93. The molecule has 0 fully saturated rings. The third-order valence-electron chi connectivity index (χ3n) is 1.44. The Bertz CT molecular complexity index is 437. The summed E-state index contributed by atoms with van der Waals surface area (Å²) in [6, 6.07) is 1.59. The third kappa shape index (κ3) is 4.24. The van der Waals surface area contributed by atoms with E-state index in [9.17, 15) is 4.79 Å². The second-order valence-corrected chi connectivity index (χ2v) is 4.26. The quantitative estimate of drug-likeness (QED) is 0.763. The number of aromatic nitrogens is 1. The van der Waals surface area contributed by atoms with Gasteiger partial charge < -0.3 is 5.73 Å². The van der Waals surface area contributed by atoms with Gasteiger partial charge >= 0.3 is 0 Å². The number of carbonyl (C=O) groups is 1. The molecule has 1 aromatic heterocycles. The van der Waals surface area contributed by atoms with Crippen LogP contribution in [0.2, 0.25) is 5.02 Å². The summed E-state index contributed by atoms with van der Waals surface area (Å²) in [4.78, 5) is 14.6. The number of pyridine rings is 1. The van der Waals surface area contributed by atoms with Crippen molar-refractivity contribution in [1.82, 2.24) is 4.98 Å². The minimum Gasteiger partial charge on any atom is -0.396 e. The van der Waals surface area contributed by atoms with Crippen LogP contribution in [-0.4, -0.2) is 15.9 Å². The van der Waals surface area contributed by atoms with Gasteiger partial charge in [0.05, 0.1) is 16.5 Å². The highest BCUT2D eigenvalue weighted by molar-refractivity contribution is 8.13. The first kappa shape index (κ1) is 11.9. The number of rotatable bonds is 1. The summed E-state index contributed by atoms with van der Waals surface area (Å²) in [5.74, 6) is 6.02. The highest BCUT2D eigenvalue weighted by atomic mass is 35.5. The SMILES string of the molecule is CC(=O)SCC#Cc1ncc(Cl)cc1N. The molecule has 78 valence electrons. The number of thioether (sulfide) groups is 1. The lowest BCUT2D eigenvalue weighted by atomic mass is 10.3. The van der Waals surface area contributed by atoms with Gasteiger partial charge in [-0.1, -0.05) is 29.3 Å². The van der Waals surface area contributed by atoms with E-state index in [1.165, 1.54) is 13.1 Å². The predicted octanol–water partition coefficient (Wildman–Crippen LogP) is 1.95. The van der Waals surface area contributed by atoms with Crippen molar-refractivity contribution in [3.8, 4) is 11.8 Å². The van der Waals surface area contributed by atoms with E-state index >= 15 is 0 Å². The standard InChI is InChI=1S/C10H9ClN2OS/c1-7(14)15-4-2-3-10-9(12)5-8(11)6-13-10/h5-6H,4,12H2,1H3. The lowest BCUT2D eigenvalue weighted by Gasteiger charge is -1.96. The zero-order chi connectivity index (χ0) is 11.3. The molecule has 1 aromatic rings. The smallest absolute Gasteiger partial charge is 0.186 e. The number of carbonyl (C=O) groups excluding carboxylic acids is 1. The Balaban J connectivity index is 2.67. The lowest BCUT2D eigenvalue weighted by molar-refractivity contribution is -0.109. The molecule has 5 heteroatoms. The summed E-state index contributed by atoms with van der Waals surface area (Å²) < 4.78 is 0. The van der Waals surface area contributed by atoms with Gasteiger partial charge in [0, 0.05) is 13.1 Å². The van der Waals surface area contributed by atoms with Crippen LogP contribution in [0.1, 0.15) is 12.6 Å². The molecule has 0 bridgehead atoms. The number of hydrogen-bond acceptors (Lipinski definition) is 4. The average Bonchev–Trinajstić information content (AvgIpc) is 2.14. The van der Waals surface area contributed by atoms with E-state index in [0.29, 0.717) is 22.2 Å². The molecule has 0 amide bonds. The molecule has 0 spiro atoms. The first-order valence-electron chi connectivity index (χ1n) is 4.13. The summed E-state index contributed by atoms with van der Waals surface area (Å²) in [5, 5.41) is 0.525. The Hall–Kier alpha value is -1.18. The maximum Gasteiger partial charge on any atom is 0.186 e. The van der Waals surface area contributed by atoms with Crippen molar-refractivity contribution >= 4 is 34.2 Å². The van der Waals surface area contributed by atoms with Gasteiger partial charge in [0.15, 0.2) is 5.12 Å². The van der Waals surface area contributed by atoms with E-state index in [1.807, 2.05) is 0 Å². The molecule has 0 radical (unpaired) electrons. The molecule has 0 saturated carbocycles. The number of nitrogens with zero attached hydrogens (tertiary/aromatic N) is 1. The van der Waals surface area contributed by atoms with Gasteiger partial charge in [0.25, 0.3) is 0 Å². The Morgan fingerprint density at radius 1 is 1.73 bits per heavy atom. The molecular weight excluding hydrogens is 232 g/mol. The highest BCUT2D eigenvalue weighted by Crippen LogP contribution is 2.13. The molecule has 0 atom stereocenters. The number of halogens is 1. The summed E-state index contributed by atoms with van der Waals surface area (Å²) >= 11 is 6.83.